The number of rotatable bonds is 8. The summed E-state index contributed by atoms with van der Waals surface area (Å²) in [6.45, 7) is 2.51. The van der Waals surface area contributed by atoms with Crippen molar-refractivity contribution >= 4 is 31.9 Å². The lowest BCUT2D eigenvalue weighted by molar-refractivity contribution is -0.121. The molecule has 8 heteroatoms. The van der Waals surface area contributed by atoms with Gasteiger partial charge in [0.05, 0.1) is 4.90 Å². The number of halogens is 1. The number of hydrogen-bond acceptors (Lipinski definition) is 4. The van der Waals surface area contributed by atoms with E-state index in [9.17, 15) is 13.2 Å². The van der Waals surface area contributed by atoms with Crippen LogP contribution >= 0.6 is 15.9 Å². The van der Waals surface area contributed by atoms with Crippen LogP contribution in [0.2, 0.25) is 0 Å². The molecule has 3 N–H and O–H groups in total. The smallest absolute Gasteiger partial charge is 0.240 e. The number of carbonyl (C=O) groups is 1. The topological polar surface area (TPSA) is 87.3 Å². The third kappa shape index (κ3) is 6.56. The van der Waals surface area contributed by atoms with Crippen molar-refractivity contribution in [2.75, 3.05) is 20.1 Å². The molecule has 21 heavy (non-hydrogen) atoms. The summed E-state index contributed by atoms with van der Waals surface area (Å²) < 4.78 is 27.1. The summed E-state index contributed by atoms with van der Waals surface area (Å²) in [6.07, 6.45) is 0.101. The summed E-state index contributed by atoms with van der Waals surface area (Å²) in [5, 5.41) is 5.72. The molecule has 6 nitrogen and oxygen atoms in total. The minimum atomic E-state index is -3.59. The van der Waals surface area contributed by atoms with Crippen LogP contribution in [-0.4, -0.2) is 40.5 Å². The Morgan fingerprint density at radius 1 is 1.38 bits per heavy atom. The molecule has 0 aliphatic rings. The number of likely N-dealkylation sites (N-methyl/N-ethyl adjacent to an activating group) is 1. The first-order valence-corrected chi connectivity index (χ1v) is 8.82. The van der Waals surface area contributed by atoms with Crippen LogP contribution in [0.1, 0.15) is 13.3 Å². The van der Waals surface area contributed by atoms with E-state index in [1.165, 1.54) is 12.1 Å². The van der Waals surface area contributed by atoms with Crippen LogP contribution in [0.15, 0.2) is 33.6 Å². The maximum Gasteiger partial charge on any atom is 0.240 e. The van der Waals surface area contributed by atoms with E-state index in [0.717, 1.165) is 0 Å². The largest absolute Gasteiger partial charge is 0.355 e. The Labute approximate surface area is 133 Å². The molecule has 0 bridgehead atoms. The lowest BCUT2D eigenvalue weighted by atomic mass is 10.3. The molecule has 118 valence electrons. The minimum absolute atomic E-state index is 0.0641. The van der Waals surface area contributed by atoms with Crippen molar-refractivity contribution in [3.05, 3.63) is 28.7 Å². The molecule has 0 aromatic heterocycles. The van der Waals surface area contributed by atoms with E-state index >= 15 is 0 Å². The summed E-state index contributed by atoms with van der Waals surface area (Å²) >= 11 is 3.22. The summed E-state index contributed by atoms with van der Waals surface area (Å²) in [5.41, 5.74) is 0. The molecular weight excluding hydrogens is 358 g/mol. The molecule has 0 aliphatic carbocycles. The van der Waals surface area contributed by atoms with Crippen molar-refractivity contribution < 1.29 is 13.2 Å². The number of sulfonamides is 1. The van der Waals surface area contributed by atoms with Crippen LogP contribution in [0.4, 0.5) is 0 Å². The Morgan fingerprint density at radius 2 is 2.10 bits per heavy atom. The van der Waals surface area contributed by atoms with E-state index in [1.54, 1.807) is 12.1 Å². The second-order valence-corrected chi connectivity index (χ2v) is 7.28. The Morgan fingerprint density at radius 3 is 2.71 bits per heavy atom. The van der Waals surface area contributed by atoms with Gasteiger partial charge in [-0.1, -0.05) is 22.0 Å². The predicted octanol–water partition coefficient (Wildman–Crippen LogP) is 0.842. The lowest BCUT2D eigenvalue weighted by Gasteiger charge is -2.11. The van der Waals surface area contributed by atoms with Crippen LogP contribution in [0, 0.1) is 0 Å². The molecule has 1 amide bonds. The predicted molar refractivity (Wildman–Crippen MR) is 85.5 cm³/mol. The average molecular weight is 378 g/mol. The quantitative estimate of drug-likeness (QED) is 0.626. The summed E-state index contributed by atoms with van der Waals surface area (Å²) in [4.78, 5) is 11.7. The van der Waals surface area contributed by atoms with Crippen LogP contribution in [0.3, 0.4) is 0 Å². The highest BCUT2D eigenvalue weighted by Crippen LogP contribution is 2.15. The van der Waals surface area contributed by atoms with Crippen molar-refractivity contribution in [2.45, 2.75) is 24.3 Å². The molecular formula is C13H20BrN3O3S. The van der Waals surface area contributed by atoms with Crippen LogP contribution in [0.25, 0.3) is 0 Å². The van der Waals surface area contributed by atoms with E-state index in [-0.39, 0.29) is 29.8 Å². The van der Waals surface area contributed by atoms with Crippen molar-refractivity contribution in [2.24, 2.45) is 0 Å². The fraction of sp³-hybridized carbons (Fsp3) is 0.462. The van der Waals surface area contributed by atoms with E-state index < -0.39 is 10.0 Å². The van der Waals surface area contributed by atoms with Gasteiger partial charge in [-0.2, -0.15) is 0 Å². The fourth-order valence-corrected chi connectivity index (χ4v) is 3.10. The van der Waals surface area contributed by atoms with E-state index in [0.29, 0.717) is 11.0 Å². The van der Waals surface area contributed by atoms with Gasteiger partial charge in [-0.3, -0.25) is 4.79 Å². The van der Waals surface area contributed by atoms with Crippen LogP contribution in [0.5, 0.6) is 0 Å². The van der Waals surface area contributed by atoms with Gasteiger partial charge in [-0.25, -0.2) is 13.1 Å². The zero-order chi connectivity index (χ0) is 15.9. The van der Waals surface area contributed by atoms with Gasteiger partial charge >= 0.3 is 0 Å². The maximum absolute atomic E-state index is 12.0. The van der Waals surface area contributed by atoms with Gasteiger partial charge in [0.25, 0.3) is 0 Å². The third-order valence-corrected chi connectivity index (χ3v) is 4.80. The monoisotopic (exact) mass is 377 g/mol. The number of carbonyl (C=O) groups excluding carboxylic acids is 1. The lowest BCUT2D eigenvalue weighted by Crippen LogP contribution is -2.38. The summed E-state index contributed by atoms with van der Waals surface area (Å²) in [7, 11) is -1.78. The third-order valence-electron chi connectivity index (χ3n) is 2.85. The SMILES string of the molecule is CNC(C)CNC(=O)CCNS(=O)(=O)c1cccc(Br)c1. The maximum atomic E-state index is 12.0. The zero-order valence-corrected chi connectivity index (χ0v) is 14.4. The molecule has 1 unspecified atom stereocenters. The van der Waals surface area contributed by atoms with Crippen molar-refractivity contribution in [3.63, 3.8) is 0 Å². The van der Waals surface area contributed by atoms with Gasteiger partial charge in [-0.15, -0.1) is 0 Å². The molecule has 1 aromatic rings. The van der Waals surface area contributed by atoms with Gasteiger partial charge in [0.15, 0.2) is 0 Å². The normalized spacial score (nSPS) is 12.9. The molecule has 0 saturated heterocycles. The highest BCUT2D eigenvalue weighted by Gasteiger charge is 2.14. The Kier molecular flexibility index (Phi) is 7.30. The zero-order valence-electron chi connectivity index (χ0n) is 12.0. The van der Waals surface area contributed by atoms with E-state index in [1.807, 2.05) is 14.0 Å². The van der Waals surface area contributed by atoms with Gasteiger partial charge in [0, 0.05) is 30.0 Å². The molecule has 1 atom stereocenters. The Balaban J connectivity index is 2.43. The molecule has 1 rings (SSSR count). The van der Waals surface area contributed by atoms with Crippen LogP contribution in [-0.2, 0) is 14.8 Å². The Bertz CT molecular complexity index is 578. The standard InChI is InChI=1S/C13H20BrN3O3S/c1-10(15-2)9-16-13(18)6-7-17-21(19,20)12-5-3-4-11(14)8-12/h3-5,8,10,15,17H,6-7,9H2,1-2H3,(H,16,18). The molecule has 0 heterocycles. The molecule has 0 fully saturated rings. The van der Waals surface area contributed by atoms with Crippen molar-refractivity contribution in [1.29, 1.82) is 0 Å². The summed E-state index contributed by atoms with van der Waals surface area (Å²) in [6, 6.07) is 6.57. The highest BCUT2D eigenvalue weighted by atomic mass is 79.9. The second kappa shape index (κ2) is 8.47. The number of nitrogens with one attached hydrogen (secondary N) is 3. The van der Waals surface area contributed by atoms with Gasteiger partial charge in [0.2, 0.25) is 15.9 Å². The van der Waals surface area contributed by atoms with Crippen LogP contribution < -0.4 is 15.4 Å². The first-order valence-electron chi connectivity index (χ1n) is 6.54. The molecule has 0 aliphatic heterocycles. The minimum Gasteiger partial charge on any atom is -0.355 e. The first kappa shape index (κ1) is 18.1. The molecule has 1 aromatic carbocycles. The molecule has 0 radical (unpaired) electrons. The van der Waals surface area contributed by atoms with E-state index in [2.05, 4.69) is 31.3 Å². The fourth-order valence-electron chi connectivity index (χ4n) is 1.47. The van der Waals surface area contributed by atoms with E-state index in [4.69, 9.17) is 0 Å². The van der Waals surface area contributed by atoms with Crippen molar-refractivity contribution in [1.82, 2.24) is 15.4 Å². The number of amides is 1. The summed E-state index contributed by atoms with van der Waals surface area (Å²) in [5.74, 6) is -0.186. The molecule has 0 spiro atoms. The van der Waals surface area contributed by atoms with Gasteiger partial charge in [0.1, 0.15) is 0 Å². The average Bonchev–Trinajstić information content (AvgIpc) is 2.44. The number of benzene rings is 1. The van der Waals surface area contributed by atoms with Gasteiger partial charge in [-0.05, 0) is 32.2 Å². The molecule has 0 saturated carbocycles. The number of hydrogen-bond donors (Lipinski definition) is 3. The van der Waals surface area contributed by atoms with Gasteiger partial charge < -0.3 is 10.6 Å². The highest BCUT2D eigenvalue weighted by molar-refractivity contribution is 9.10. The second-order valence-electron chi connectivity index (χ2n) is 4.60. The van der Waals surface area contributed by atoms with Crippen molar-refractivity contribution in [3.8, 4) is 0 Å². The first-order chi connectivity index (χ1) is 9.85. The Hall–Kier alpha value is -0.960.